The second kappa shape index (κ2) is 26.4. The highest BCUT2D eigenvalue weighted by Gasteiger charge is 2.16. The Morgan fingerprint density at radius 1 is 0.571 bits per heavy atom. The number of aliphatic imine (C=N–C) groups is 1. The van der Waals surface area contributed by atoms with Gasteiger partial charge in [-0.3, -0.25) is 4.99 Å². The van der Waals surface area contributed by atoms with Crippen LogP contribution in [0.2, 0.25) is 0 Å². The van der Waals surface area contributed by atoms with Crippen LogP contribution in [0, 0.1) is 0 Å². The molecule has 2 fully saturated rings. The molecule has 0 radical (unpaired) electrons. The molecule has 0 atom stereocenters. The molecule has 3 heterocycles. The van der Waals surface area contributed by atoms with Gasteiger partial charge in [-0.2, -0.15) is 4.57 Å². The summed E-state index contributed by atoms with van der Waals surface area (Å²) in [5, 5.41) is 0. The van der Waals surface area contributed by atoms with Crippen molar-refractivity contribution >= 4 is 57.4 Å². The van der Waals surface area contributed by atoms with Gasteiger partial charge in [0.1, 0.15) is 6.54 Å². The van der Waals surface area contributed by atoms with Crippen LogP contribution < -0.4 is 14.4 Å². The predicted molar refractivity (Wildman–Crippen MR) is 250 cm³/mol. The van der Waals surface area contributed by atoms with Crippen LogP contribution in [0.15, 0.2) is 108 Å². The quantitative estimate of drug-likeness (QED) is 0.0351. The van der Waals surface area contributed by atoms with E-state index in [0.717, 1.165) is 39.3 Å². The molecule has 0 N–H and O–H groups in total. The van der Waals surface area contributed by atoms with E-state index in [0.29, 0.717) is 0 Å². The van der Waals surface area contributed by atoms with Gasteiger partial charge in [0, 0.05) is 93.1 Å². The molecule has 8 heteroatoms. The first-order valence-electron chi connectivity index (χ1n) is 21.3. The molecule has 0 saturated carbocycles. The topological polar surface area (TPSA) is 29.2 Å². The van der Waals surface area contributed by atoms with E-state index in [9.17, 15) is 0 Å². The van der Waals surface area contributed by atoms with Crippen molar-refractivity contribution in [2.75, 3.05) is 93.3 Å². The summed E-state index contributed by atoms with van der Waals surface area (Å²) < 4.78 is 2.27. The molecule has 56 heavy (non-hydrogen) atoms. The van der Waals surface area contributed by atoms with Crippen LogP contribution in [0.3, 0.4) is 0 Å². The van der Waals surface area contributed by atoms with Gasteiger partial charge in [0.25, 0.3) is 0 Å². The zero-order valence-electron chi connectivity index (χ0n) is 34.3. The SMILES string of the molecule is CC/N=C/C=C\C=C\C=C\c1ccc(N2CCCN(CCCCSSCCCCN3CCCN(c4ccc(/C=C/c5cccc[n+]5CC)cc4)CC3)CC2)cc1. The van der Waals surface area contributed by atoms with Gasteiger partial charge >= 0.3 is 0 Å². The van der Waals surface area contributed by atoms with Gasteiger partial charge in [-0.05, 0) is 132 Å². The Balaban J connectivity index is 0.868. The molecule has 1 aromatic heterocycles. The summed E-state index contributed by atoms with van der Waals surface area (Å²) in [4.78, 5) is 14.7. The first kappa shape index (κ1) is 43.6. The van der Waals surface area contributed by atoms with E-state index in [1.807, 2.05) is 31.4 Å². The number of allylic oxidation sites excluding steroid dienone is 5. The molecular formula is C48H67N6S2+. The zero-order valence-corrected chi connectivity index (χ0v) is 35.9. The monoisotopic (exact) mass is 791 g/mol. The fourth-order valence-electron chi connectivity index (χ4n) is 7.29. The van der Waals surface area contributed by atoms with Crippen LogP contribution in [0.25, 0.3) is 18.2 Å². The minimum Gasteiger partial charge on any atom is -0.370 e. The standard InChI is InChI=1S/C48H67N6S2/c1-3-49-30-10-7-5-6-8-18-44-20-26-47(27-21-44)53-36-16-33-50(38-40-53)31-12-14-42-55-56-43-15-13-32-51-34-17-37-54(41-39-51)48-28-23-45(24-29-48)22-25-46-19-9-11-35-52(46)4-2/h5-11,18-30,35H,3-4,12-17,31-34,36-43H2,1-2H3/q+1/b6-5+,10-7-,18-8+,49-30+. The molecular weight excluding hydrogens is 725 g/mol. The number of pyridine rings is 1. The lowest BCUT2D eigenvalue weighted by Gasteiger charge is -2.24. The smallest absolute Gasteiger partial charge is 0.205 e. The third-order valence-corrected chi connectivity index (χ3v) is 13.1. The van der Waals surface area contributed by atoms with Gasteiger partial charge in [0.05, 0.1) is 0 Å². The number of unbranched alkanes of at least 4 members (excludes halogenated alkanes) is 2. The summed E-state index contributed by atoms with van der Waals surface area (Å²) in [6, 6.07) is 24.5. The van der Waals surface area contributed by atoms with Gasteiger partial charge in [-0.15, -0.1) is 0 Å². The molecule has 2 aliphatic heterocycles. The number of hydrogen-bond acceptors (Lipinski definition) is 7. The van der Waals surface area contributed by atoms with Crippen LogP contribution in [-0.4, -0.2) is 99.5 Å². The van der Waals surface area contributed by atoms with E-state index in [1.54, 1.807) is 0 Å². The third-order valence-electron chi connectivity index (χ3n) is 10.6. The van der Waals surface area contributed by atoms with Crippen LogP contribution in [-0.2, 0) is 6.54 Å². The fourth-order valence-corrected chi connectivity index (χ4v) is 9.59. The van der Waals surface area contributed by atoms with Gasteiger partial charge in [-0.1, -0.05) is 76.2 Å². The predicted octanol–water partition coefficient (Wildman–Crippen LogP) is 10.0. The van der Waals surface area contributed by atoms with Crippen molar-refractivity contribution in [3.05, 3.63) is 120 Å². The molecule has 2 saturated heterocycles. The maximum absolute atomic E-state index is 4.18. The van der Waals surface area contributed by atoms with E-state index < -0.39 is 0 Å². The Labute approximate surface area is 347 Å². The molecule has 2 aliphatic rings. The van der Waals surface area contributed by atoms with E-state index in [-0.39, 0.29) is 0 Å². The maximum atomic E-state index is 4.18. The maximum Gasteiger partial charge on any atom is 0.205 e. The van der Waals surface area contributed by atoms with Crippen molar-refractivity contribution in [2.45, 2.75) is 58.9 Å². The first-order chi connectivity index (χ1) is 27.7. The normalized spacial score (nSPS) is 16.7. The number of aromatic nitrogens is 1. The molecule has 2 aromatic carbocycles. The summed E-state index contributed by atoms with van der Waals surface area (Å²) in [7, 11) is 4.19. The molecule has 0 aliphatic carbocycles. The van der Waals surface area contributed by atoms with E-state index in [2.05, 4.69) is 161 Å². The lowest BCUT2D eigenvalue weighted by atomic mass is 10.1. The second-order valence-electron chi connectivity index (χ2n) is 14.6. The average molecular weight is 792 g/mol. The largest absolute Gasteiger partial charge is 0.370 e. The van der Waals surface area contributed by atoms with E-state index in [4.69, 9.17) is 0 Å². The third kappa shape index (κ3) is 16.1. The van der Waals surface area contributed by atoms with Crippen molar-refractivity contribution in [3.63, 3.8) is 0 Å². The molecule has 6 nitrogen and oxygen atoms in total. The number of hydrogen-bond donors (Lipinski definition) is 0. The minimum absolute atomic E-state index is 0.826. The molecule has 3 aromatic rings. The van der Waals surface area contributed by atoms with Crippen LogP contribution in [0.1, 0.15) is 69.2 Å². The molecule has 0 amide bonds. The second-order valence-corrected chi connectivity index (χ2v) is 17.3. The van der Waals surface area contributed by atoms with Crippen molar-refractivity contribution in [1.29, 1.82) is 0 Å². The summed E-state index contributed by atoms with van der Waals surface area (Å²) >= 11 is 0. The molecule has 0 spiro atoms. The Bertz CT molecular complexity index is 1670. The van der Waals surface area contributed by atoms with E-state index >= 15 is 0 Å². The minimum atomic E-state index is 0.826. The van der Waals surface area contributed by atoms with Crippen molar-refractivity contribution in [1.82, 2.24) is 9.80 Å². The highest BCUT2D eigenvalue weighted by atomic mass is 33.1. The number of benzene rings is 2. The Kier molecular flexibility index (Phi) is 20.5. The molecule has 0 unspecified atom stereocenters. The molecule has 5 rings (SSSR count). The van der Waals surface area contributed by atoms with Crippen molar-refractivity contribution in [2.24, 2.45) is 4.99 Å². The van der Waals surface area contributed by atoms with Gasteiger partial charge in [0.15, 0.2) is 6.20 Å². The summed E-state index contributed by atoms with van der Waals surface area (Å²) in [5.41, 5.74) is 6.43. The van der Waals surface area contributed by atoms with Crippen LogP contribution in [0.4, 0.5) is 11.4 Å². The Morgan fingerprint density at radius 3 is 1.73 bits per heavy atom. The summed E-state index contributed by atoms with van der Waals surface area (Å²) in [5.74, 6) is 2.55. The Morgan fingerprint density at radius 2 is 1.14 bits per heavy atom. The lowest BCUT2D eigenvalue weighted by Crippen LogP contribution is -2.34. The van der Waals surface area contributed by atoms with Crippen LogP contribution >= 0.6 is 21.6 Å². The highest BCUT2D eigenvalue weighted by Crippen LogP contribution is 2.25. The number of rotatable bonds is 21. The van der Waals surface area contributed by atoms with Crippen molar-refractivity contribution in [3.8, 4) is 0 Å². The lowest BCUT2D eigenvalue weighted by molar-refractivity contribution is -0.695. The van der Waals surface area contributed by atoms with Crippen molar-refractivity contribution < 1.29 is 4.57 Å². The van der Waals surface area contributed by atoms with Gasteiger partial charge in [0.2, 0.25) is 5.69 Å². The summed E-state index contributed by atoms with van der Waals surface area (Å²) in [6.07, 6.45) is 28.5. The van der Waals surface area contributed by atoms with Gasteiger partial charge < -0.3 is 19.6 Å². The number of anilines is 2. The molecule has 0 bridgehead atoms. The molecule has 300 valence electrons. The van der Waals surface area contributed by atoms with E-state index in [1.165, 1.54) is 117 Å². The van der Waals surface area contributed by atoms with Gasteiger partial charge in [-0.25, -0.2) is 0 Å². The highest BCUT2D eigenvalue weighted by molar-refractivity contribution is 8.76. The fraction of sp³-hybridized carbons (Fsp3) is 0.458. The average Bonchev–Trinajstić information content (AvgIpc) is 3.63. The summed E-state index contributed by atoms with van der Waals surface area (Å²) in [6.45, 7) is 17.8. The van der Waals surface area contributed by atoms with Crippen LogP contribution in [0.5, 0.6) is 0 Å². The first-order valence-corrected chi connectivity index (χ1v) is 23.8. The number of nitrogens with zero attached hydrogens (tertiary/aromatic N) is 6. The number of aryl methyl sites for hydroxylation is 1. The Hall–Kier alpha value is -3.56. The zero-order chi connectivity index (χ0) is 38.9.